The number of esters is 1. The largest absolute Gasteiger partial charge is 0.458 e. The zero-order valence-electron chi connectivity index (χ0n) is 14.0. The first kappa shape index (κ1) is 17.3. The van der Waals surface area contributed by atoms with E-state index in [9.17, 15) is 9.59 Å². The van der Waals surface area contributed by atoms with Crippen LogP contribution in [-0.2, 0) is 20.1 Å². The van der Waals surface area contributed by atoms with Gasteiger partial charge in [0.05, 0.1) is 12.3 Å². The Balaban J connectivity index is 1.43. The summed E-state index contributed by atoms with van der Waals surface area (Å²) in [6.45, 7) is 0.636. The predicted molar refractivity (Wildman–Crippen MR) is 95.6 cm³/mol. The molecule has 1 amide bonds. The molecule has 4 nitrogen and oxygen atoms in total. The highest BCUT2D eigenvalue weighted by molar-refractivity contribution is 7.98. The van der Waals surface area contributed by atoms with Crippen molar-refractivity contribution in [1.29, 1.82) is 0 Å². The summed E-state index contributed by atoms with van der Waals surface area (Å²) >= 11 is 1.81. The maximum absolute atomic E-state index is 12.5. The Bertz CT molecular complexity index is 569. The molecule has 1 aromatic carbocycles. The lowest BCUT2D eigenvalue weighted by atomic mass is 9.75. The number of hydrogen-bond acceptors (Lipinski definition) is 4. The van der Waals surface area contributed by atoms with Crippen molar-refractivity contribution >= 4 is 23.6 Å². The molecular weight excluding hydrogens is 322 g/mol. The van der Waals surface area contributed by atoms with Gasteiger partial charge in [-0.05, 0) is 31.2 Å². The van der Waals surface area contributed by atoms with Gasteiger partial charge in [0.2, 0.25) is 5.91 Å². The van der Waals surface area contributed by atoms with E-state index < -0.39 is 5.60 Å². The monoisotopic (exact) mass is 347 g/mol. The first-order chi connectivity index (χ1) is 11.7. The van der Waals surface area contributed by atoms with E-state index in [0.717, 1.165) is 37.2 Å². The fourth-order valence-electron chi connectivity index (χ4n) is 3.76. The highest BCUT2D eigenvalue weighted by Crippen LogP contribution is 2.44. The lowest BCUT2D eigenvalue weighted by Crippen LogP contribution is -2.46. The van der Waals surface area contributed by atoms with E-state index in [-0.39, 0.29) is 24.2 Å². The van der Waals surface area contributed by atoms with Gasteiger partial charge in [-0.2, -0.15) is 11.8 Å². The lowest BCUT2D eigenvalue weighted by molar-refractivity contribution is -0.153. The number of ether oxygens (including phenoxy) is 1. The number of carbonyl (C=O) groups excluding carboxylic acids is 2. The van der Waals surface area contributed by atoms with E-state index in [2.05, 4.69) is 17.4 Å². The second-order valence-electron chi connectivity index (χ2n) is 6.69. The molecule has 1 aliphatic carbocycles. The van der Waals surface area contributed by atoms with Crippen molar-refractivity contribution in [3.8, 4) is 0 Å². The predicted octanol–water partition coefficient (Wildman–Crippen LogP) is 3.30. The van der Waals surface area contributed by atoms with E-state index in [1.807, 2.05) is 18.2 Å². The van der Waals surface area contributed by atoms with Gasteiger partial charge in [0.15, 0.2) is 0 Å². The molecule has 1 aromatic rings. The standard InChI is InChI=1S/C19H25NO3S/c21-17-13-16(19(23-17)9-5-2-6-10-19)18(22)20-11-12-24-14-15-7-3-1-4-8-15/h1,3-4,7-8,16H,2,5-6,9-14H2,(H,20,22)/t16-/m0/s1. The minimum Gasteiger partial charge on any atom is -0.458 e. The molecule has 0 bridgehead atoms. The molecule has 5 heteroatoms. The van der Waals surface area contributed by atoms with E-state index >= 15 is 0 Å². The average Bonchev–Trinajstić information content (AvgIpc) is 2.91. The van der Waals surface area contributed by atoms with Crippen LogP contribution in [0.2, 0.25) is 0 Å². The Labute approximate surface area is 147 Å². The topological polar surface area (TPSA) is 55.4 Å². The summed E-state index contributed by atoms with van der Waals surface area (Å²) in [6.07, 6.45) is 5.17. The fourth-order valence-corrected chi connectivity index (χ4v) is 4.58. The second-order valence-corrected chi connectivity index (χ2v) is 7.79. The van der Waals surface area contributed by atoms with Crippen molar-refractivity contribution < 1.29 is 14.3 Å². The summed E-state index contributed by atoms with van der Waals surface area (Å²) in [6, 6.07) is 10.3. The van der Waals surface area contributed by atoms with E-state index in [0.29, 0.717) is 6.54 Å². The third-order valence-electron chi connectivity index (χ3n) is 5.00. The van der Waals surface area contributed by atoms with Crippen LogP contribution < -0.4 is 5.32 Å². The molecule has 2 aliphatic rings. The zero-order chi connectivity index (χ0) is 16.8. The van der Waals surface area contributed by atoms with Gasteiger partial charge in [-0.15, -0.1) is 0 Å². The number of hydrogen-bond donors (Lipinski definition) is 1. The normalized spacial score (nSPS) is 22.3. The maximum Gasteiger partial charge on any atom is 0.307 e. The first-order valence-electron chi connectivity index (χ1n) is 8.81. The Morgan fingerprint density at radius 3 is 2.71 bits per heavy atom. The molecule has 1 spiro atoms. The van der Waals surface area contributed by atoms with Gasteiger partial charge < -0.3 is 10.1 Å². The van der Waals surface area contributed by atoms with Crippen molar-refractivity contribution in [1.82, 2.24) is 5.32 Å². The van der Waals surface area contributed by atoms with Crippen LogP contribution in [0, 0.1) is 5.92 Å². The molecule has 130 valence electrons. The molecule has 24 heavy (non-hydrogen) atoms. The molecule has 2 fully saturated rings. The summed E-state index contributed by atoms with van der Waals surface area (Å²) in [5.41, 5.74) is 0.779. The second kappa shape index (κ2) is 8.06. The number of thioether (sulfide) groups is 1. The maximum atomic E-state index is 12.5. The smallest absolute Gasteiger partial charge is 0.307 e. The van der Waals surface area contributed by atoms with Crippen molar-refractivity contribution in [2.45, 2.75) is 49.9 Å². The molecule has 3 rings (SSSR count). The summed E-state index contributed by atoms with van der Waals surface area (Å²) in [4.78, 5) is 24.3. The molecule has 1 aliphatic heterocycles. The van der Waals surface area contributed by atoms with Crippen LogP contribution in [-0.4, -0.2) is 29.8 Å². The summed E-state index contributed by atoms with van der Waals surface area (Å²) in [5, 5.41) is 3.01. The Morgan fingerprint density at radius 1 is 1.21 bits per heavy atom. The van der Waals surface area contributed by atoms with E-state index in [1.54, 1.807) is 11.8 Å². The third kappa shape index (κ3) is 4.12. The van der Waals surface area contributed by atoms with Crippen LogP contribution in [0.15, 0.2) is 30.3 Å². The van der Waals surface area contributed by atoms with Gasteiger partial charge in [-0.1, -0.05) is 36.8 Å². The van der Waals surface area contributed by atoms with Crippen LogP contribution in [0.5, 0.6) is 0 Å². The molecule has 0 aromatic heterocycles. The number of nitrogens with one attached hydrogen (secondary N) is 1. The molecule has 1 N–H and O–H groups in total. The minimum atomic E-state index is -0.517. The summed E-state index contributed by atoms with van der Waals surface area (Å²) in [5.74, 6) is 1.30. The SMILES string of the molecule is O=C1C[C@@H](C(=O)NCCSCc2ccccc2)C2(CCCCC2)O1. The molecule has 0 unspecified atom stereocenters. The first-order valence-corrected chi connectivity index (χ1v) is 9.96. The third-order valence-corrected chi connectivity index (χ3v) is 6.03. The molecule has 1 atom stereocenters. The van der Waals surface area contributed by atoms with Crippen LogP contribution in [0.1, 0.15) is 44.1 Å². The highest BCUT2D eigenvalue weighted by Gasteiger charge is 2.52. The summed E-state index contributed by atoms with van der Waals surface area (Å²) < 4.78 is 5.60. The Hall–Kier alpha value is -1.49. The van der Waals surface area contributed by atoms with Crippen molar-refractivity contribution in [2.75, 3.05) is 12.3 Å². The highest BCUT2D eigenvalue weighted by atomic mass is 32.2. The van der Waals surface area contributed by atoms with Gasteiger partial charge in [0.1, 0.15) is 5.60 Å². The minimum absolute atomic E-state index is 0.0111. The van der Waals surface area contributed by atoms with E-state index in [4.69, 9.17) is 4.74 Å². The summed E-state index contributed by atoms with van der Waals surface area (Å²) in [7, 11) is 0. The number of benzene rings is 1. The molecule has 0 radical (unpaired) electrons. The van der Waals surface area contributed by atoms with Gasteiger partial charge >= 0.3 is 5.97 Å². The van der Waals surface area contributed by atoms with Crippen molar-refractivity contribution in [2.24, 2.45) is 5.92 Å². The van der Waals surface area contributed by atoms with Crippen molar-refractivity contribution in [3.63, 3.8) is 0 Å². The van der Waals surface area contributed by atoms with Gasteiger partial charge in [0.25, 0.3) is 0 Å². The fraction of sp³-hybridized carbons (Fsp3) is 0.579. The zero-order valence-corrected chi connectivity index (χ0v) is 14.8. The van der Waals surface area contributed by atoms with Crippen LogP contribution in [0.25, 0.3) is 0 Å². The molecule has 1 saturated heterocycles. The number of carbonyl (C=O) groups is 2. The van der Waals surface area contributed by atoms with Gasteiger partial charge in [-0.3, -0.25) is 9.59 Å². The van der Waals surface area contributed by atoms with Gasteiger partial charge in [0, 0.05) is 18.1 Å². The number of amides is 1. The molecule has 1 saturated carbocycles. The Morgan fingerprint density at radius 2 is 1.96 bits per heavy atom. The molecule has 1 heterocycles. The van der Waals surface area contributed by atoms with Crippen LogP contribution in [0.3, 0.4) is 0 Å². The van der Waals surface area contributed by atoms with Gasteiger partial charge in [-0.25, -0.2) is 0 Å². The Kier molecular flexibility index (Phi) is 5.82. The molecular formula is C19H25NO3S. The van der Waals surface area contributed by atoms with Crippen LogP contribution in [0.4, 0.5) is 0 Å². The van der Waals surface area contributed by atoms with E-state index in [1.165, 1.54) is 12.0 Å². The quantitative estimate of drug-likeness (QED) is 0.634. The lowest BCUT2D eigenvalue weighted by Gasteiger charge is -2.36. The van der Waals surface area contributed by atoms with Crippen LogP contribution >= 0.6 is 11.8 Å². The van der Waals surface area contributed by atoms with Crippen molar-refractivity contribution in [3.05, 3.63) is 35.9 Å². The average molecular weight is 347 g/mol. The number of rotatable bonds is 6.